The van der Waals surface area contributed by atoms with E-state index in [4.69, 9.17) is 23.7 Å². The molecule has 0 amide bonds. The molecular weight excluding hydrogens is 352 g/mol. The number of esters is 1. The van der Waals surface area contributed by atoms with Gasteiger partial charge in [0.2, 0.25) is 0 Å². The largest absolute Gasteiger partial charge is 0.496 e. The highest BCUT2D eigenvalue weighted by Crippen LogP contribution is 2.50. The number of hydrogen-bond donors (Lipinski definition) is 0. The van der Waals surface area contributed by atoms with Gasteiger partial charge in [0, 0.05) is 17.7 Å². The number of methoxy groups -OCH3 is 4. The molecule has 1 aliphatic heterocycles. The highest BCUT2D eigenvalue weighted by Gasteiger charge is 2.57. The summed E-state index contributed by atoms with van der Waals surface area (Å²) in [5.41, 5.74) is -1.16. The number of para-hydroxylation sites is 1. The lowest BCUT2D eigenvalue weighted by molar-refractivity contribution is -0.151. The second-order valence-corrected chi connectivity index (χ2v) is 5.86. The molecule has 0 aromatic heterocycles. The van der Waals surface area contributed by atoms with Crippen LogP contribution in [0.15, 0.2) is 36.4 Å². The van der Waals surface area contributed by atoms with E-state index in [9.17, 15) is 9.59 Å². The molecule has 2 aromatic carbocycles. The van der Waals surface area contributed by atoms with E-state index in [1.807, 2.05) is 0 Å². The van der Waals surface area contributed by atoms with Gasteiger partial charge in [-0.2, -0.15) is 0 Å². The maximum absolute atomic E-state index is 13.2. The van der Waals surface area contributed by atoms with Gasteiger partial charge in [0.1, 0.15) is 29.6 Å². The van der Waals surface area contributed by atoms with Crippen LogP contribution in [0.3, 0.4) is 0 Å². The maximum atomic E-state index is 13.2. The molecule has 0 radical (unpaired) electrons. The molecule has 0 N–H and O–H groups in total. The lowest BCUT2D eigenvalue weighted by atomic mass is 9.69. The number of hydrogen-bond acceptors (Lipinski definition) is 7. The van der Waals surface area contributed by atoms with Gasteiger partial charge in [-0.15, -0.1) is 0 Å². The molecule has 1 aliphatic rings. The third-order valence-electron chi connectivity index (χ3n) is 4.65. The van der Waals surface area contributed by atoms with E-state index in [2.05, 4.69) is 0 Å². The van der Waals surface area contributed by atoms with E-state index in [0.29, 0.717) is 17.1 Å². The van der Waals surface area contributed by atoms with Crippen LogP contribution in [0.2, 0.25) is 0 Å². The molecule has 1 heterocycles. The number of carbonyl (C=O) groups excluding carboxylic acids is 2. The van der Waals surface area contributed by atoms with Crippen molar-refractivity contribution in [3.8, 4) is 23.0 Å². The van der Waals surface area contributed by atoms with E-state index in [-0.39, 0.29) is 23.7 Å². The minimum Gasteiger partial charge on any atom is -0.496 e. The molecular formula is C20H20O7. The molecule has 0 saturated heterocycles. The SMILES string of the molecule is COC(=O)C1(c2c(OC)cc(OC)cc2OC)C(=O)COc2ccccc21. The fourth-order valence-corrected chi connectivity index (χ4v) is 3.43. The molecule has 27 heavy (non-hydrogen) atoms. The standard InChI is InChI=1S/C20H20O7/c1-23-12-9-15(24-2)18(16(10-12)25-3)20(19(22)26-4)13-7-5-6-8-14(13)27-11-17(20)21/h5-10H,11H2,1-4H3. The Kier molecular flexibility index (Phi) is 4.94. The van der Waals surface area contributed by atoms with Crippen LogP contribution in [0.4, 0.5) is 0 Å². The van der Waals surface area contributed by atoms with Gasteiger partial charge in [0.05, 0.1) is 34.0 Å². The first-order chi connectivity index (χ1) is 13.0. The molecule has 142 valence electrons. The number of benzene rings is 2. The van der Waals surface area contributed by atoms with Crippen LogP contribution in [0, 0.1) is 0 Å². The summed E-state index contributed by atoms with van der Waals surface area (Å²) in [4.78, 5) is 26.3. The van der Waals surface area contributed by atoms with Crippen LogP contribution in [0.5, 0.6) is 23.0 Å². The van der Waals surface area contributed by atoms with Crippen LogP contribution in [0.1, 0.15) is 11.1 Å². The average Bonchev–Trinajstić information content (AvgIpc) is 2.72. The third-order valence-corrected chi connectivity index (χ3v) is 4.65. The molecule has 0 fully saturated rings. The molecule has 0 aliphatic carbocycles. The minimum atomic E-state index is -1.79. The molecule has 2 aromatic rings. The van der Waals surface area contributed by atoms with E-state index >= 15 is 0 Å². The predicted octanol–water partition coefficient (Wildman–Crippen LogP) is 2.13. The van der Waals surface area contributed by atoms with Crippen LogP contribution < -0.4 is 18.9 Å². The Morgan fingerprint density at radius 3 is 2.19 bits per heavy atom. The summed E-state index contributed by atoms with van der Waals surface area (Å²) in [7, 11) is 5.62. The first kappa shape index (κ1) is 18.6. The Bertz CT molecular complexity index is 865. The lowest BCUT2D eigenvalue weighted by Gasteiger charge is -2.36. The molecule has 1 atom stereocenters. The quantitative estimate of drug-likeness (QED) is 0.587. The Morgan fingerprint density at radius 1 is 1.00 bits per heavy atom. The van der Waals surface area contributed by atoms with Crippen molar-refractivity contribution in [1.82, 2.24) is 0 Å². The van der Waals surface area contributed by atoms with Crippen molar-refractivity contribution in [3.63, 3.8) is 0 Å². The minimum absolute atomic E-state index is 0.251. The van der Waals surface area contributed by atoms with Crippen molar-refractivity contribution >= 4 is 11.8 Å². The lowest BCUT2D eigenvalue weighted by Crippen LogP contribution is -2.51. The smallest absolute Gasteiger partial charge is 0.329 e. The molecule has 0 spiro atoms. The number of ketones is 1. The van der Waals surface area contributed by atoms with Gasteiger partial charge in [-0.1, -0.05) is 18.2 Å². The van der Waals surface area contributed by atoms with Crippen molar-refractivity contribution in [3.05, 3.63) is 47.5 Å². The van der Waals surface area contributed by atoms with Gasteiger partial charge in [-0.05, 0) is 6.07 Å². The zero-order valence-electron chi connectivity index (χ0n) is 15.5. The monoisotopic (exact) mass is 372 g/mol. The Balaban J connectivity index is 2.47. The summed E-state index contributed by atoms with van der Waals surface area (Å²) in [6, 6.07) is 10.0. The van der Waals surface area contributed by atoms with Gasteiger partial charge < -0.3 is 23.7 Å². The van der Waals surface area contributed by atoms with Crippen LogP contribution in [-0.4, -0.2) is 46.8 Å². The zero-order chi connectivity index (χ0) is 19.6. The molecule has 0 bridgehead atoms. The molecule has 1 unspecified atom stereocenters. The van der Waals surface area contributed by atoms with Gasteiger partial charge >= 0.3 is 5.97 Å². The van der Waals surface area contributed by atoms with E-state index in [0.717, 1.165) is 0 Å². The van der Waals surface area contributed by atoms with Crippen molar-refractivity contribution in [2.75, 3.05) is 35.0 Å². The fourth-order valence-electron chi connectivity index (χ4n) is 3.43. The second kappa shape index (κ2) is 7.19. The van der Waals surface area contributed by atoms with E-state index in [1.54, 1.807) is 36.4 Å². The van der Waals surface area contributed by atoms with Crippen molar-refractivity contribution in [1.29, 1.82) is 0 Å². The number of Topliss-reactive ketones (excluding diaryl/α,β-unsaturated/α-hetero) is 1. The summed E-state index contributed by atoms with van der Waals surface area (Å²) in [6.45, 7) is -0.287. The summed E-state index contributed by atoms with van der Waals surface area (Å²) >= 11 is 0. The van der Waals surface area contributed by atoms with Crippen molar-refractivity contribution in [2.45, 2.75) is 5.41 Å². The fraction of sp³-hybridized carbons (Fsp3) is 0.300. The summed E-state index contributed by atoms with van der Waals surface area (Å²) in [6.07, 6.45) is 0. The first-order valence-electron chi connectivity index (χ1n) is 8.19. The predicted molar refractivity (Wildman–Crippen MR) is 95.8 cm³/mol. The number of ether oxygens (including phenoxy) is 5. The summed E-state index contributed by atoms with van der Waals surface area (Å²) in [5.74, 6) is 0.186. The van der Waals surface area contributed by atoms with Gasteiger partial charge in [-0.25, -0.2) is 0 Å². The summed E-state index contributed by atoms with van der Waals surface area (Å²) in [5, 5.41) is 0. The van der Waals surface area contributed by atoms with Crippen LogP contribution in [-0.2, 0) is 19.7 Å². The van der Waals surface area contributed by atoms with Crippen molar-refractivity contribution in [2.24, 2.45) is 0 Å². The summed E-state index contributed by atoms with van der Waals surface area (Å²) < 4.78 is 26.9. The molecule has 7 nitrogen and oxygen atoms in total. The first-order valence-corrected chi connectivity index (χ1v) is 8.19. The van der Waals surface area contributed by atoms with Crippen LogP contribution >= 0.6 is 0 Å². The Hall–Kier alpha value is -3.22. The molecule has 3 rings (SSSR count). The van der Waals surface area contributed by atoms with Crippen molar-refractivity contribution < 1.29 is 33.3 Å². The van der Waals surface area contributed by atoms with E-state index in [1.165, 1.54) is 28.4 Å². The Labute approximate surface area is 156 Å². The number of rotatable bonds is 5. The second-order valence-electron chi connectivity index (χ2n) is 5.86. The molecule has 7 heteroatoms. The molecule has 0 saturated carbocycles. The maximum Gasteiger partial charge on any atom is 0.329 e. The topological polar surface area (TPSA) is 80.3 Å². The highest BCUT2D eigenvalue weighted by atomic mass is 16.5. The normalized spacial score (nSPS) is 18.1. The van der Waals surface area contributed by atoms with E-state index < -0.39 is 17.2 Å². The average molecular weight is 372 g/mol. The highest BCUT2D eigenvalue weighted by molar-refractivity contribution is 6.16. The number of carbonyl (C=O) groups is 2. The van der Waals surface area contributed by atoms with Crippen LogP contribution in [0.25, 0.3) is 0 Å². The third kappa shape index (κ3) is 2.66. The Morgan fingerprint density at radius 2 is 1.63 bits per heavy atom. The van der Waals surface area contributed by atoms with Gasteiger partial charge in [0.15, 0.2) is 11.2 Å². The number of fused-ring (bicyclic) bond motifs is 1. The zero-order valence-corrected chi connectivity index (χ0v) is 15.5. The van der Waals surface area contributed by atoms with Gasteiger partial charge in [-0.3, -0.25) is 9.59 Å². The van der Waals surface area contributed by atoms with Gasteiger partial charge in [0.25, 0.3) is 0 Å².